The summed E-state index contributed by atoms with van der Waals surface area (Å²) in [6, 6.07) is 0. The average molecular weight is 644 g/mol. The van der Waals surface area contributed by atoms with E-state index in [9.17, 15) is 19.2 Å². The molecule has 0 bridgehead atoms. The van der Waals surface area contributed by atoms with Gasteiger partial charge >= 0.3 is 5.97 Å². The maximum absolute atomic E-state index is 12.4. The molecule has 2 saturated heterocycles. The summed E-state index contributed by atoms with van der Waals surface area (Å²) in [6.45, 7) is 15.9. The fourth-order valence-electron chi connectivity index (χ4n) is 4.37. The van der Waals surface area contributed by atoms with Gasteiger partial charge < -0.3 is 29.2 Å². The Labute approximate surface area is 261 Å². The van der Waals surface area contributed by atoms with E-state index in [0.717, 1.165) is 0 Å². The smallest absolute Gasteiger partial charge is 0.303 e. The van der Waals surface area contributed by atoms with E-state index in [4.69, 9.17) is 52.4 Å². The monoisotopic (exact) mass is 642 g/mol. The first-order chi connectivity index (χ1) is 19.2. The molecule has 0 amide bonds. The van der Waals surface area contributed by atoms with Crippen LogP contribution in [0.25, 0.3) is 0 Å². The van der Waals surface area contributed by atoms with Crippen LogP contribution in [0.4, 0.5) is 0 Å². The molecule has 2 aliphatic heterocycles. The topological polar surface area (TPSA) is 146 Å². The molecule has 2 N–H and O–H groups in total. The van der Waals surface area contributed by atoms with Crippen LogP contribution in [0.2, 0.25) is 0 Å². The Bertz CT molecular complexity index is 870. The summed E-state index contributed by atoms with van der Waals surface area (Å²) in [5.41, 5.74) is -0.733. The number of carboxylic acid groups (broad SMARTS) is 1. The van der Waals surface area contributed by atoms with Gasteiger partial charge in [0.15, 0.2) is 23.1 Å². The molecule has 10 nitrogen and oxygen atoms in total. The number of hydrogen-bond donors (Lipinski definition) is 2. The van der Waals surface area contributed by atoms with E-state index in [2.05, 4.69) is 0 Å². The molecule has 0 saturated carbocycles. The van der Waals surface area contributed by atoms with E-state index in [0.29, 0.717) is 51.7 Å². The lowest BCUT2D eigenvalue weighted by atomic mass is 9.82. The number of carbonyl (C=O) groups excluding carboxylic acids is 3. The zero-order valence-corrected chi connectivity index (χ0v) is 28.1. The Balaban J connectivity index is 0.000000739. The number of halogens is 2. The van der Waals surface area contributed by atoms with Crippen LogP contribution in [0.3, 0.4) is 0 Å². The van der Waals surface area contributed by atoms with Crippen molar-refractivity contribution in [2.24, 2.45) is 10.8 Å². The Kier molecular flexibility index (Phi) is 18.1. The van der Waals surface area contributed by atoms with Crippen molar-refractivity contribution in [3.63, 3.8) is 0 Å². The van der Waals surface area contributed by atoms with Crippen molar-refractivity contribution in [2.45, 2.75) is 131 Å². The molecule has 42 heavy (non-hydrogen) atoms. The van der Waals surface area contributed by atoms with Crippen LogP contribution in [0.1, 0.15) is 107 Å². The number of ketones is 3. The third-order valence-corrected chi connectivity index (χ3v) is 6.70. The Morgan fingerprint density at radius 1 is 0.667 bits per heavy atom. The number of alkyl halides is 2. The average Bonchev–Trinajstić information content (AvgIpc) is 2.86. The molecule has 2 atom stereocenters. The number of aliphatic hydroxyl groups excluding tert-OH is 1. The molecule has 0 aliphatic carbocycles. The van der Waals surface area contributed by atoms with Crippen LogP contribution < -0.4 is 0 Å². The second-order valence-electron chi connectivity index (χ2n) is 12.9. The SMILES string of the molecule is CC1(C)OCC(C)(C)[C@H](C(=O)CCCC(=O)CCCO)O1.CC1(C)OCC(C)(C)[C@H](C(=O)CCCC(=O)O)O1.ClCCl. The van der Waals surface area contributed by atoms with Gasteiger partial charge in [0.25, 0.3) is 0 Å². The van der Waals surface area contributed by atoms with E-state index in [1.165, 1.54) is 0 Å². The third-order valence-electron chi connectivity index (χ3n) is 6.70. The normalized spacial score (nSPS) is 23.3. The molecule has 0 aromatic carbocycles. The molecule has 0 radical (unpaired) electrons. The molecule has 0 aromatic heterocycles. The van der Waals surface area contributed by atoms with Crippen molar-refractivity contribution in [1.82, 2.24) is 0 Å². The van der Waals surface area contributed by atoms with Crippen LogP contribution >= 0.6 is 23.2 Å². The van der Waals surface area contributed by atoms with Crippen molar-refractivity contribution >= 4 is 46.5 Å². The van der Waals surface area contributed by atoms with Crippen molar-refractivity contribution in [2.75, 3.05) is 25.2 Å². The van der Waals surface area contributed by atoms with Crippen molar-refractivity contribution in [3.05, 3.63) is 0 Å². The van der Waals surface area contributed by atoms with Gasteiger partial charge in [-0.15, -0.1) is 23.2 Å². The number of aliphatic carboxylic acids is 1. The van der Waals surface area contributed by atoms with Crippen molar-refractivity contribution < 1.29 is 48.3 Å². The summed E-state index contributed by atoms with van der Waals surface area (Å²) >= 11 is 9.53. The highest BCUT2D eigenvalue weighted by Crippen LogP contribution is 2.37. The minimum Gasteiger partial charge on any atom is -0.481 e. The Morgan fingerprint density at radius 2 is 1.02 bits per heavy atom. The van der Waals surface area contributed by atoms with Gasteiger partial charge in [0, 0.05) is 49.5 Å². The summed E-state index contributed by atoms with van der Waals surface area (Å²) in [5.74, 6) is -2.29. The van der Waals surface area contributed by atoms with Crippen LogP contribution in [0.15, 0.2) is 0 Å². The molecule has 12 heteroatoms. The van der Waals surface area contributed by atoms with Gasteiger partial charge in [-0.3, -0.25) is 19.2 Å². The first-order valence-electron chi connectivity index (χ1n) is 14.4. The summed E-state index contributed by atoms with van der Waals surface area (Å²) in [5, 5.41) is 17.4. The summed E-state index contributed by atoms with van der Waals surface area (Å²) in [6.07, 6.45) is 1.73. The van der Waals surface area contributed by atoms with E-state index in [1.54, 1.807) is 27.7 Å². The minimum absolute atomic E-state index is 0.0127. The zero-order chi connectivity index (χ0) is 32.8. The van der Waals surface area contributed by atoms with Gasteiger partial charge in [0.1, 0.15) is 18.0 Å². The molecule has 2 heterocycles. The highest BCUT2D eigenvalue weighted by Gasteiger charge is 2.46. The van der Waals surface area contributed by atoms with E-state index >= 15 is 0 Å². The van der Waals surface area contributed by atoms with Gasteiger partial charge in [-0.1, -0.05) is 27.7 Å². The predicted octanol–water partition coefficient (Wildman–Crippen LogP) is 5.65. The van der Waals surface area contributed by atoms with E-state index in [1.807, 2.05) is 27.7 Å². The predicted molar refractivity (Wildman–Crippen MR) is 161 cm³/mol. The first-order valence-corrected chi connectivity index (χ1v) is 15.5. The summed E-state index contributed by atoms with van der Waals surface area (Å²) < 4.78 is 22.6. The number of ether oxygens (including phenoxy) is 4. The molecule has 246 valence electrons. The first kappa shape index (κ1) is 40.9. The molecule has 0 spiro atoms. The molecule has 2 rings (SSSR count). The number of aliphatic hydroxyl groups is 1. The van der Waals surface area contributed by atoms with Gasteiger partial charge in [0.05, 0.1) is 18.6 Å². The number of Topliss-reactive ketones (excluding diaryl/α,β-unsaturated/α-hetero) is 3. The number of carboxylic acids is 1. The largest absolute Gasteiger partial charge is 0.481 e. The lowest BCUT2D eigenvalue weighted by molar-refractivity contribution is -0.303. The molecule has 0 unspecified atom stereocenters. The van der Waals surface area contributed by atoms with Gasteiger partial charge in [-0.05, 0) is 47.0 Å². The Morgan fingerprint density at radius 3 is 1.38 bits per heavy atom. The van der Waals surface area contributed by atoms with Crippen molar-refractivity contribution in [1.29, 1.82) is 0 Å². The second kappa shape index (κ2) is 18.6. The highest BCUT2D eigenvalue weighted by atomic mass is 35.5. The highest BCUT2D eigenvalue weighted by molar-refractivity contribution is 6.40. The lowest BCUT2D eigenvalue weighted by Crippen LogP contribution is -2.53. The summed E-state index contributed by atoms with van der Waals surface area (Å²) in [7, 11) is 0. The number of rotatable bonds is 13. The van der Waals surface area contributed by atoms with Crippen molar-refractivity contribution in [3.8, 4) is 0 Å². The van der Waals surface area contributed by atoms with Crippen LogP contribution in [-0.2, 0) is 38.1 Å². The molecule has 2 aliphatic rings. The standard InChI is InChI=1S/C16H28O5.C13H22O5.CH2Cl2/c1-15(2)11-20-16(3,4)21-14(15)13(19)9-5-7-12(18)8-6-10-17;1-12(2)8-17-13(3,4)18-11(12)9(14)6-5-7-10(15)16;2-1-3/h14,17H,5-11H2,1-4H3;11H,5-8H2,1-4H3,(H,15,16);1H2/t14-;11-;/m00./s1. The van der Waals surface area contributed by atoms with Gasteiger partial charge in [0.2, 0.25) is 0 Å². The fourth-order valence-corrected chi connectivity index (χ4v) is 4.37. The van der Waals surface area contributed by atoms with E-state index < -0.39 is 29.8 Å². The van der Waals surface area contributed by atoms with Gasteiger partial charge in [-0.25, -0.2) is 0 Å². The second-order valence-corrected chi connectivity index (χ2v) is 13.7. The maximum atomic E-state index is 12.4. The zero-order valence-electron chi connectivity index (χ0n) is 26.6. The molecule has 0 aromatic rings. The minimum atomic E-state index is -0.879. The number of carbonyl (C=O) groups is 4. The number of hydrogen-bond acceptors (Lipinski definition) is 9. The molecular formula is C30H52Cl2O10. The quantitative estimate of drug-likeness (QED) is 0.241. The van der Waals surface area contributed by atoms with Gasteiger partial charge in [-0.2, -0.15) is 0 Å². The van der Waals surface area contributed by atoms with Crippen LogP contribution in [0, 0.1) is 10.8 Å². The summed E-state index contributed by atoms with van der Waals surface area (Å²) in [4.78, 5) is 46.4. The maximum Gasteiger partial charge on any atom is 0.303 e. The Hall–Kier alpha value is -1.14. The molecular weight excluding hydrogens is 591 g/mol. The van der Waals surface area contributed by atoms with E-state index in [-0.39, 0.29) is 53.0 Å². The lowest BCUT2D eigenvalue weighted by Gasteiger charge is -2.45. The van der Waals surface area contributed by atoms with Crippen LogP contribution in [0.5, 0.6) is 0 Å². The van der Waals surface area contributed by atoms with Crippen LogP contribution in [-0.4, -0.2) is 82.5 Å². The fraction of sp³-hybridized carbons (Fsp3) is 0.867. The molecule has 2 fully saturated rings. The third kappa shape index (κ3) is 16.1.